The van der Waals surface area contributed by atoms with E-state index in [9.17, 15) is 4.79 Å². The Hall–Kier alpha value is -1.52. The third kappa shape index (κ3) is 3.72. The van der Waals surface area contributed by atoms with Crippen LogP contribution in [0.1, 0.15) is 15.9 Å². The molecule has 5 heteroatoms. The number of amides is 1. The van der Waals surface area contributed by atoms with Gasteiger partial charge in [0.15, 0.2) is 0 Å². The van der Waals surface area contributed by atoms with Crippen molar-refractivity contribution in [2.45, 2.75) is 6.54 Å². The molecule has 19 heavy (non-hydrogen) atoms. The molecule has 2 aromatic carbocycles. The maximum Gasteiger partial charge on any atom is 0.251 e. The lowest BCUT2D eigenvalue weighted by Gasteiger charge is -2.07. The minimum atomic E-state index is -0.143. The molecular formula is C14H12BrClN2O. The van der Waals surface area contributed by atoms with E-state index in [-0.39, 0.29) is 5.91 Å². The fourth-order valence-corrected chi connectivity index (χ4v) is 2.06. The van der Waals surface area contributed by atoms with Gasteiger partial charge in [0.05, 0.1) is 0 Å². The van der Waals surface area contributed by atoms with Gasteiger partial charge < -0.3 is 11.1 Å². The summed E-state index contributed by atoms with van der Waals surface area (Å²) in [5, 5.41) is 3.52. The Morgan fingerprint density at radius 3 is 2.53 bits per heavy atom. The first kappa shape index (κ1) is 13.9. The van der Waals surface area contributed by atoms with E-state index < -0.39 is 0 Å². The largest absolute Gasteiger partial charge is 0.398 e. The molecule has 3 N–H and O–H groups in total. The first-order valence-corrected chi connectivity index (χ1v) is 6.81. The Bertz CT molecular complexity index is 599. The molecule has 0 spiro atoms. The lowest BCUT2D eigenvalue weighted by atomic mass is 10.2. The summed E-state index contributed by atoms with van der Waals surface area (Å²) in [6.45, 7) is 0.456. The quantitative estimate of drug-likeness (QED) is 0.839. The number of rotatable bonds is 3. The van der Waals surface area contributed by atoms with Gasteiger partial charge in [-0.25, -0.2) is 0 Å². The van der Waals surface area contributed by atoms with Gasteiger partial charge in [0.25, 0.3) is 5.91 Å². The molecule has 0 unspecified atom stereocenters. The number of benzene rings is 2. The number of anilines is 1. The van der Waals surface area contributed by atoms with Crippen molar-refractivity contribution >= 4 is 39.1 Å². The van der Waals surface area contributed by atoms with E-state index in [1.807, 2.05) is 12.1 Å². The average Bonchev–Trinajstić information content (AvgIpc) is 2.41. The zero-order valence-electron chi connectivity index (χ0n) is 9.99. The number of nitrogens with two attached hydrogens (primary N) is 1. The molecule has 0 fully saturated rings. The Morgan fingerprint density at radius 2 is 1.89 bits per heavy atom. The number of hydrogen-bond donors (Lipinski definition) is 2. The molecule has 0 aliphatic rings. The highest BCUT2D eigenvalue weighted by Crippen LogP contribution is 2.20. The zero-order chi connectivity index (χ0) is 13.8. The highest BCUT2D eigenvalue weighted by atomic mass is 79.9. The van der Waals surface area contributed by atoms with Gasteiger partial charge in [0, 0.05) is 27.3 Å². The van der Waals surface area contributed by atoms with Gasteiger partial charge in [-0.2, -0.15) is 0 Å². The molecule has 98 valence electrons. The topological polar surface area (TPSA) is 55.1 Å². The van der Waals surface area contributed by atoms with Crippen LogP contribution in [0.5, 0.6) is 0 Å². The monoisotopic (exact) mass is 338 g/mol. The summed E-state index contributed by atoms with van der Waals surface area (Å²) in [4.78, 5) is 11.9. The molecule has 3 nitrogen and oxygen atoms in total. The molecule has 1 amide bonds. The average molecular weight is 340 g/mol. The maximum absolute atomic E-state index is 11.9. The van der Waals surface area contributed by atoms with Gasteiger partial charge in [-0.3, -0.25) is 4.79 Å². The van der Waals surface area contributed by atoms with Crippen molar-refractivity contribution in [1.29, 1.82) is 0 Å². The summed E-state index contributed by atoms with van der Waals surface area (Å²) in [7, 11) is 0. The van der Waals surface area contributed by atoms with Gasteiger partial charge in [-0.1, -0.05) is 23.7 Å². The van der Waals surface area contributed by atoms with Crippen LogP contribution in [0.3, 0.4) is 0 Å². The Balaban J connectivity index is 2.01. The number of halogens is 2. The second-order valence-corrected chi connectivity index (χ2v) is 5.34. The van der Waals surface area contributed by atoms with Gasteiger partial charge in [0.1, 0.15) is 0 Å². The number of nitrogen functional groups attached to an aromatic ring is 1. The van der Waals surface area contributed by atoms with Gasteiger partial charge in [0.2, 0.25) is 0 Å². The summed E-state index contributed by atoms with van der Waals surface area (Å²) in [6, 6.07) is 12.4. The molecule has 0 saturated heterocycles. The molecule has 0 saturated carbocycles. The van der Waals surface area contributed by atoms with Crippen molar-refractivity contribution in [3.05, 3.63) is 63.1 Å². The first-order chi connectivity index (χ1) is 9.06. The lowest BCUT2D eigenvalue weighted by molar-refractivity contribution is 0.0951. The van der Waals surface area contributed by atoms with E-state index in [0.29, 0.717) is 27.3 Å². The molecule has 2 rings (SSSR count). The van der Waals surface area contributed by atoms with Gasteiger partial charge in [-0.05, 0) is 51.8 Å². The van der Waals surface area contributed by atoms with Crippen molar-refractivity contribution < 1.29 is 4.79 Å². The Morgan fingerprint density at radius 1 is 1.21 bits per heavy atom. The molecule has 0 atom stereocenters. The molecule has 0 bridgehead atoms. The number of nitrogens with one attached hydrogen (secondary N) is 1. The summed E-state index contributed by atoms with van der Waals surface area (Å²) < 4.78 is 0.714. The van der Waals surface area contributed by atoms with Gasteiger partial charge >= 0.3 is 0 Å². The summed E-state index contributed by atoms with van der Waals surface area (Å²) in [5.74, 6) is -0.143. The lowest BCUT2D eigenvalue weighted by Crippen LogP contribution is -2.22. The summed E-state index contributed by atoms with van der Waals surface area (Å²) in [5.41, 5.74) is 7.84. The van der Waals surface area contributed by atoms with Crippen LogP contribution >= 0.6 is 27.5 Å². The van der Waals surface area contributed by atoms with Crippen LogP contribution in [0, 0.1) is 0 Å². The number of carbonyl (C=O) groups excluding carboxylic acids is 1. The fourth-order valence-electron chi connectivity index (χ4n) is 1.56. The van der Waals surface area contributed by atoms with E-state index in [1.54, 1.807) is 30.3 Å². The molecule has 0 aliphatic carbocycles. The molecule has 0 aliphatic heterocycles. The van der Waals surface area contributed by atoms with E-state index in [2.05, 4.69) is 21.2 Å². The molecule has 0 radical (unpaired) electrons. The molecule has 2 aromatic rings. The predicted octanol–water partition coefficient (Wildman–Crippen LogP) is 3.61. The number of hydrogen-bond acceptors (Lipinski definition) is 2. The van der Waals surface area contributed by atoms with Crippen molar-refractivity contribution in [3.63, 3.8) is 0 Å². The minimum Gasteiger partial charge on any atom is -0.398 e. The highest BCUT2D eigenvalue weighted by molar-refractivity contribution is 9.10. The van der Waals surface area contributed by atoms with E-state index in [1.165, 1.54) is 0 Å². The Labute approximate surface area is 124 Å². The zero-order valence-corrected chi connectivity index (χ0v) is 12.3. The third-order valence-electron chi connectivity index (χ3n) is 2.63. The van der Waals surface area contributed by atoms with Crippen LogP contribution < -0.4 is 11.1 Å². The van der Waals surface area contributed by atoms with Crippen LogP contribution in [0.2, 0.25) is 5.02 Å². The SMILES string of the molecule is Nc1ccc(C(=O)NCc2ccc(Cl)cc2)cc1Br. The second-order valence-electron chi connectivity index (χ2n) is 4.05. The predicted molar refractivity (Wildman–Crippen MR) is 81.2 cm³/mol. The Kier molecular flexibility index (Phi) is 4.45. The van der Waals surface area contributed by atoms with E-state index >= 15 is 0 Å². The minimum absolute atomic E-state index is 0.143. The fraction of sp³-hybridized carbons (Fsp3) is 0.0714. The van der Waals surface area contributed by atoms with E-state index in [0.717, 1.165) is 5.56 Å². The van der Waals surface area contributed by atoms with Crippen LogP contribution in [0.15, 0.2) is 46.9 Å². The summed E-state index contributed by atoms with van der Waals surface area (Å²) >= 11 is 9.10. The molecular weight excluding hydrogens is 328 g/mol. The van der Waals surface area contributed by atoms with Crippen LogP contribution in [-0.2, 0) is 6.54 Å². The van der Waals surface area contributed by atoms with Crippen LogP contribution in [-0.4, -0.2) is 5.91 Å². The summed E-state index contributed by atoms with van der Waals surface area (Å²) in [6.07, 6.45) is 0. The van der Waals surface area contributed by atoms with E-state index in [4.69, 9.17) is 17.3 Å². The maximum atomic E-state index is 11.9. The van der Waals surface area contributed by atoms with Gasteiger partial charge in [-0.15, -0.1) is 0 Å². The van der Waals surface area contributed by atoms with Crippen molar-refractivity contribution in [3.8, 4) is 0 Å². The van der Waals surface area contributed by atoms with Crippen molar-refractivity contribution in [2.24, 2.45) is 0 Å². The second kappa shape index (κ2) is 6.08. The molecule has 0 heterocycles. The van der Waals surface area contributed by atoms with Crippen molar-refractivity contribution in [2.75, 3.05) is 5.73 Å². The number of carbonyl (C=O) groups is 1. The third-order valence-corrected chi connectivity index (χ3v) is 3.57. The normalized spacial score (nSPS) is 10.2. The standard InChI is InChI=1S/C14H12BrClN2O/c15-12-7-10(3-6-13(12)17)14(19)18-8-9-1-4-11(16)5-2-9/h1-7H,8,17H2,(H,18,19). The highest BCUT2D eigenvalue weighted by Gasteiger charge is 2.07. The van der Waals surface area contributed by atoms with Crippen LogP contribution in [0.4, 0.5) is 5.69 Å². The smallest absolute Gasteiger partial charge is 0.251 e. The first-order valence-electron chi connectivity index (χ1n) is 5.64. The van der Waals surface area contributed by atoms with Crippen molar-refractivity contribution in [1.82, 2.24) is 5.32 Å². The molecule has 0 aromatic heterocycles. The van der Waals surface area contributed by atoms with Crippen LogP contribution in [0.25, 0.3) is 0 Å².